The summed E-state index contributed by atoms with van der Waals surface area (Å²) in [6.07, 6.45) is 2.12. The van der Waals surface area contributed by atoms with Crippen LogP contribution in [-0.2, 0) is 4.79 Å². The van der Waals surface area contributed by atoms with Crippen LogP contribution in [0.3, 0.4) is 0 Å². The zero-order valence-electron chi connectivity index (χ0n) is 14.6. The molecule has 0 unspecified atom stereocenters. The predicted octanol–water partition coefficient (Wildman–Crippen LogP) is 3.36. The van der Waals surface area contributed by atoms with Gasteiger partial charge in [0.05, 0.1) is 19.9 Å². The lowest BCUT2D eigenvalue weighted by atomic mass is 9.90. The summed E-state index contributed by atoms with van der Waals surface area (Å²) in [5.41, 5.74) is 2.82. The molecule has 6 heteroatoms. The Morgan fingerprint density at radius 3 is 2.23 bits per heavy atom. The molecule has 1 aliphatic heterocycles. The summed E-state index contributed by atoms with van der Waals surface area (Å²) in [6, 6.07) is 15.4. The molecule has 2 aromatic carbocycles. The summed E-state index contributed by atoms with van der Waals surface area (Å²) in [4.78, 5) is 16.9. The van der Waals surface area contributed by atoms with E-state index in [-0.39, 0.29) is 11.8 Å². The molecule has 1 atom stereocenters. The molecule has 26 heavy (non-hydrogen) atoms. The van der Waals surface area contributed by atoms with Gasteiger partial charge in [0, 0.05) is 18.0 Å². The summed E-state index contributed by atoms with van der Waals surface area (Å²) < 4.78 is 12.3. The molecule has 4 rings (SSSR count). The van der Waals surface area contributed by atoms with Crippen LogP contribution in [0.5, 0.6) is 11.5 Å². The molecule has 0 saturated carbocycles. The molecular formula is C20H19N3O3. The van der Waals surface area contributed by atoms with E-state index >= 15 is 0 Å². The maximum Gasteiger partial charge on any atom is 0.226 e. The van der Waals surface area contributed by atoms with Gasteiger partial charge in [-0.1, -0.05) is 12.1 Å². The van der Waals surface area contributed by atoms with Gasteiger partial charge in [-0.2, -0.15) is 0 Å². The number of benzene rings is 2. The van der Waals surface area contributed by atoms with Crippen LogP contribution in [0.25, 0.3) is 5.69 Å². The molecule has 0 bridgehead atoms. The van der Waals surface area contributed by atoms with Crippen molar-refractivity contribution in [2.24, 2.45) is 0 Å². The average molecular weight is 349 g/mol. The number of nitrogens with zero attached hydrogens (tertiary/aromatic N) is 2. The number of aromatic nitrogens is 2. The van der Waals surface area contributed by atoms with Crippen molar-refractivity contribution in [3.63, 3.8) is 0 Å². The van der Waals surface area contributed by atoms with Crippen LogP contribution in [0.4, 0.5) is 5.82 Å². The highest BCUT2D eigenvalue weighted by atomic mass is 16.5. The van der Waals surface area contributed by atoms with Crippen molar-refractivity contribution in [2.75, 3.05) is 19.5 Å². The number of nitrogens with one attached hydrogen (secondary N) is 1. The largest absolute Gasteiger partial charge is 0.497 e. The third-order valence-corrected chi connectivity index (χ3v) is 4.64. The molecule has 1 N–H and O–H groups in total. The SMILES string of the molecule is COc1ccc([C@@H]2CC(=O)Nc3c2ncn3-c2ccc(OC)cc2)cc1. The fourth-order valence-electron chi connectivity index (χ4n) is 3.26. The number of carbonyl (C=O) groups is 1. The van der Waals surface area contributed by atoms with E-state index in [2.05, 4.69) is 10.3 Å². The molecule has 132 valence electrons. The number of anilines is 1. The van der Waals surface area contributed by atoms with Crippen LogP contribution in [0.15, 0.2) is 54.9 Å². The van der Waals surface area contributed by atoms with Crippen LogP contribution in [0, 0.1) is 0 Å². The van der Waals surface area contributed by atoms with Crippen LogP contribution in [0.2, 0.25) is 0 Å². The second-order valence-electron chi connectivity index (χ2n) is 6.12. The number of imidazole rings is 1. The molecule has 1 aromatic heterocycles. The number of amides is 1. The maximum atomic E-state index is 12.3. The summed E-state index contributed by atoms with van der Waals surface area (Å²) in [5.74, 6) is 2.19. The molecule has 0 fully saturated rings. The Bertz CT molecular complexity index is 930. The first-order chi connectivity index (χ1) is 12.7. The lowest BCUT2D eigenvalue weighted by Gasteiger charge is -2.23. The minimum atomic E-state index is -0.0795. The molecule has 0 aliphatic carbocycles. The van der Waals surface area contributed by atoms with Gasteiger partial charge >= 0.3 is 0 Å². The Balaban J connectivity index is 1.74. The van der Waals surface area contributed by atoms with Gasteiger partial charge < -0.3 is 14.8 Å². The van der Waals surface area contributed by atoms with E-state index in [0.717, 1.165) is 28.4 Å². The predicted molar refractivity (Wildman–Crippen MR) is 98.2 cm³/mol. The van der Waals surface area contributed by atoms with Crippen LogP contribution < -0.4 is 14.8 Å². The molecule has 2 heterocycles. The number of methoxy groups -OCH3 is 2. The van der Waals surface area contributed by atoms with Crippen molar-refractivity contribution in [3.8, 4) is 17.2 Å². The van der Waals surface area contributed by atoms with Gasteiger partial charge in [-0.15, -0.1) is 0 Å². The van der Waals surface area contributed by atoms with Crippen molar-refractivity contribution in [3.05, 3.63) is 66.1 Å². The maximum absolute atomic E-state index is 12.3. The molecule has 0 spiro atoms. The number of rotatable bonds is 4. The lowest BCUT2D eigenvalue weighted by molar-refractivity contribution is -0.116. The third kappa shape index (κ3) is 2.79. The normalized spacial score (nSPS) is 15.9. The van der Waals surface area contributed by atoms with Crippen LogP contribution in [-0.4, -0.2) is 29.7 Å². The molecular weight excluding hydrogens is 330 g/mol. The first kappa shape index (κ1) is 16.2. The number of ether oxygens (including phenoxy) is 2. The number of fused-ring (bicyclic) bond motifs is 1. The van der Waals surface area contributed by atoms with Gasteiger partial charge in [-0.05, 0) is 42.0 Å². The minimum Gasteiger partial charge on any atom is -0.497 e. The van der Waals surface area contributed by atoms with Crippen molar-refractivity contribution in [1.29, 1.82) is 0 Å². The standard InChI is InChI=1S/C20H19N3O3/c1-25-15-7-3-13(4-8-15)17-11-18(24)22-20-19(17)21-12-23(20)14-5-9-16(26-2)10-6-14/h3-10,12,17H,11H2,1-2H3,(H,22,24)/t17-/m0/s1. The smallest absolute Gasteiger partial charge is 0.226 e. The Morgan fingerprint density at radius 2 is 1.62 bits per heavy atom. The third-order valence-electron chi connectivity index (χ3n) is 4.64. The summed E-state index contributed by atoms with van der Waals surface area (Å²) >= 11 is 0. The van der Waals surface area contributed by atoms with E-state index in [9.17, 15) is 4.79 Å². The van der Waals surface area contributed by atoms with Gasteiger partial charge in [0.2, 0.25) is 5.91 Å². The molecule has 0 saturated heterocycles. The topological polar surface area (TPSA) is 65.4 Å². The fraction of sp³-hybridized carbons (Fsp3) is 0.200. The van der Waals surface area contributed by atoms with E-state index in [1.165, 1.54) is 0 Å². The van der Waals surface area contributed by atoms with Crippen molar-refractivity contribution < 1.29 is 14.3 Å². The Morgan fingerprint density at radius 1 is 1.00 bits per heavy atom. The zero-order valence-corrected chi connectivity index (χ0v) is 14.6. The highest BCUT2D eigenvalue weighted by molar-refractivity contribution is 5.94. The van der Waals surface area contributed by atoms with Crippen molar-refractivity contribution in [2.45, 2.75) is 12.3 Å². The Kier molecular flexibility index (Phi) is 4.08. The summed E-state index contributed by atoms with van der Waals surface area (Å²) in [7, 11) is 3.27. The molecule has 1 aliphatic rings. The second kappa shape index (κ2) is 6.55. The minimum absolute atomic E-state index is 0.0198. The van der Waals surface area contributed by atoms with E-state index in [1.54, 1.807) is 20.5 Å². The number of hydrogen-bond acceptors (Lipinski definition) is 4. The summed E-state index contributed by atoms with van der Waals surface area (Å²) in [6.45, 7) is 0. The lowest BCUT2D eigenvalue weighted by Crippen LogP contribution is -2.24. The van der Waals surface area contributed by atoms with E-state index in [4.69, 9.17) is 9.47 Å². The molecule has 1 amide bonds. The average Bonchev–Trinajstić information content (AvgIpc) is 3.11. The molecule has 0 radical (unpaired) electrons. The fourth-order valence-corrected chi connectivity index (χ4v) is 3.26. The van der Waals surface area contributed by atoms with E-state index in [0.29, 0.717) is 12.2 Å². The zero-order chi connectivity index (χ0) is 18.1. The number of carbonyl (C=O) groups excluding carboxylic acids is 1. The van der Waals surface area contributed by atoms with Crippen LogP contribution >= 0.6 is 0 Å². The van der Waals surface area contributed by atoms with Gasteiger partial charge in [0.1, 0.15) is 23.6 Å². The van der Waals surface area contributed by atoms with Crippen LogP contribution in [0.1, 0.15) is 23.6 Å². The van der Waals surface area contributed by atoms with E-state index in [1.807, 2.05) is 53.1 Å². The van der Waals surface area contributed by atoms with Crippen molar-refractivity contribution >= 4 is 11.7 Å². The summed E-state index contributed by atoms with van der Waals surface area (Å²) in [5, 5.41) is 2.96. The first-order valence-electron chi connectivity index (χ1n) is 8.35. The van der Waals surface area contributed by atoms with E-state index < -0.39 is 0 Å². The monoisotopic (exact) mass is 349 g/mol. The van der Waals surface area contributed by atoms with Gasteiger partial charge in [0.15, 0.2) is 0 Å². The van der Waals surface area contributed by atoms with Crippen molar-refractivity contribution in [1.82, 2.24) is 9.55 Å². The number of hydrogen-bond donors (Lipinski definition) is 1. The second-order valence-corrected chi connectivity index (χ2v) is 6.12. The highest BCUT2D eigenvalue weighted by Gasteiger charge is 2.30. The molecule has 6 nitrogen and oxygen atoms in total. The highest BCUT2D eigenvalue weighted by Crippen LogP contribution is 2.37. The first-order valence-corrected chi connectivity index (χ1v) is 8.35. The molecule has 3 aromatic rings. The Labute approximate surface area is 151 Å². The van der Waals surface area contributed by atoms with Gasteiger partial charge in [-0.3, -0.25) is 9.36 Å². The van der Waals surface area contributed by atoms with Gasteiger partial charge in [-0.25, -0.2) is 4.98 Å². The quantitative estimate of drug-likeness (QED) is 0.784. The van der Waals surface area contributed by atoms with Gasteiger partial charge in [0.25, 0.3) is 0 Å². The Hall–Kier alpha value is -3.28.